The van der Waals surface area contributed by atoms with Crippen molar-refractivity contribution in [3.63, 3.8) is 0 Å². The van der Waals surface area contributed by atoms with E-state index in [9.17, 15) is 19.2 Å². The highest BCUT2D eigenvalue weighted by Crippen LogP contribution is 2.42. The van der Waals surface area contributed by atoms with Gasteiger partial charge in [-0.25, -0.2) is 0 Å². The maximum Gasteiger partial charge on any atom is 0.257 e. The lowest BCUT2D eigenvalue weighted by atomic mass is 10.0. The van der Waals surface area contributed by atoms with E-state index in [0.29, 0.717) is 34.0 Å². The van der Waals surface area contributed by atoms with Crippen LogP contribution in [0.25, 0.3) is 0 Å². The van der Waals surface area contributed by atoms with Gasteiger partial charge in [-0.15, -0.1) is 0 Å². The van der Waals surface area contributed by atoms with Crippen molar-refractivity contribution in [2.45, 2.75) is 25.4 Å². The molecule has 0 saturated carbocycles. The largest absolute Gasteiger partial charge is 0.493 e. The molecule has 0 bridgehead atoms. The molecule has 1 fully saturated rings. The lowest BCUT2D eigenvalue weighted by Crippen LogP contribution is -2.52. The minimum Gasteiger partial charge on any atom is -0.493 e. The summed E-state index contributed by atoms with van der Waals surface area (Å²) in [5.74, 6) is -0.596. The van der Waals surface area contributed by atoms with Crippen molar-refractivity contribution in [2.24, 2.45) is 10.2 Å². The van der Waals surface area contributed by atoms with Crippen molar-refractivity contribution >= 4 is 35.0 Å². The highest BCUT2D eigenvalue weighted by molar-refractivity contribution is 6.06. The zero-order valence-corrected chi connectivity index (χ0v) is 20.0. The number of carbonyl (C=O) groups is 4. The third kappa shape index (κ3) is 4.83. The van der Waals surface area contributed by atoms with Gasteiger partial charge in [0.25, 0.3) is 11.8 Å². The molecule has 1 unspecified atom stereocenters. The quantitative estimate of drug-likeness (QED) is 0.420. The Hall–Kier alpha value is -4.48. The first-order valence-corrected chi connectivity index (χ1v) is 11.1. The molecule has 2 aromatic rings. The summed E-state index contributed by atoms with van der Waals surface area (Å²) < 4.78 is 16.3. The van der Waals surface area contributed by atoms with E-state index in [1.807, 2.05) is 0 Å². The van der Waals surface area contributed by atoms with Gasteiger partial charge in [0.2, 0.25) is 17.6 Å². The number of amides is 4. The van der Waals surface area contributed by atoms with Gasteiger partial charge in [-0.2, -0.15) is 10.2 Å². The molecule has 1 atom stereocenters. The average molecular weight is 495 g/mol. The van der Waals surface area contributed by atoms with Gasteiger partial charge in [-0.1, -0.05) is 6.07 Å². The molecule has 2 aliphatic heterocycles. The van der Waals surface area contributed by atoms with Crippen molar-refractivity contribution in [1.29, 1.82) is 0 Å². The molecule has 0 spiro atoms. The number of nitrogens with one attached hydrogen (secondary N) is 2. The van der Waals surface area contributed by atoms with Gasteiger partial charge in [0.15, 0.2) is 18.1 Å². The number of fused-ring (bicyclic) bond motifs is 1. The fourth-order valence-corrected chi connectivity index (χ4v) is 4.05. The van der Waals surface area contributed by atoms with Crippen LogP contribution in [-0.4, -0.2) is 62.4 Å². The molecular weight excluding hydrogens is 470 g/mol. The minimum absolute atomic E-state index is 0.175. The molecule has 36 heavy (non-hydrogen) atoms. The Labute approximate surface area is 206 Å². The van der Waals surface area contributed by atoms with Gasteiger partial charge in [0.1, 0.15) is 6.04 Å². The summed E-state index contributed by atoms with van der Waals surface area (Å²) in [4.78, 5) is 49.8. The lowest BCUT2D eigenvalue weighted by molar-refractivity contribution is -0.137. The van der Waals surface area contributed by atoms with E-state index >= 15 is 0 Å². The number of nitrogens with zero attached hydrogens (tertiary/aromatic N) is 3. The first kappa shape index (κ1) is 24.6. The fourth-order valence-electron chi connectivity index (χ4n) is 4.05. The van der Waals surface area contributed by atoms with Crippen LogP contribution in [-0.2, 0) is 20.9 Å². The van der Waals surface area contributed by atoms with Gasteiger partial charge < -0.3 is 24.4 Å². The Morgan fingerprint density at radius 3 is 2.50 bits per heavy atom. The van der Waals surface area contributed by atoms with Crippen LogP contribution in [0.1, 0.15) is 28.8 Å². The van der Waals surface area contributed by atoms with Crippen molar-refractivity contribution in [3.8, 4) is 17.2 Å². The predicted octanol–water partition coefficient (Wildman–Crippen LogP) is 2.00. The molecular formula is C24H25N5O7. The molecule has 0 aromatic heterocycles. The third-order valence-corrected chi connectivity index (χ3v) is 5.90. The number of benzene rings is 2. The average Bonchev–Trinajstić information content (AvgIpc) is 3.22. The van der Waals surface area contributed by atoms with Gasteiger partial charge in [0, 0.05) is 43.3 Å². The summed E-state index contributed by atoms with van der Waals surface area (Å²) >= 11 is 0. The van der Waals surface area contributed by atoms with E-state index in [2.05, 4.69) is 20.9 Å². The standard InChI is InChI=1S/C24H25N5O7/c1-25-21(31)12-36-22-18(34-2)9-13(10-19(22)35-3)27-28-16-6-4-5-14-15(16)11-29(24(14)33)17-7-8-20(30)26-23(17)32/h4-6,9-10,17H,7-8,11-12H2,1-3H3,(H,25,31)(H,26,30,32)/b28-27-. The summed E-state index contributed by atoms with van der Waals surface area (Å²) in [6, 6.07) is 7.52. The first-order valence-electron chi connectivity index (χ1n) is 11.1. The van der Waals surface area contributed by atoms with E-state index in [1.165, 1.54) is 26.2 Å². The van der Waals surface area contributed by atoms with E-state index in [4.69, 9.17) is 14.2 Å². The smallest absolute Gasteiger partial charge is 0.257 e. The first-order chi connectivity index (χ1) is 17.4. The second-order valence-corrected chi connectivity index (χ2v) is 8.04. The van der Waals surface area contributed by atoms with E-state index in [0.717, 1.165) is 0 Å². The number of methoxy groups -OCH3 is 2. The van der Waals surface area contributed by atoms with Crippen molar-refractivity contribution < 1.29 is 33.4 Å². The SMILES string of the molecule is CNC(=O)COc1c(OC)cc(/N=N\c2cccc3c2CN(C2CCC(=O)NC2=O)C3=O)cc1OC. The Morgan fingerprint density at radius 2 is 1.86 bits per heavy atom. The molecule has 4 amide bonds. The summed E-state index contributed by atoms with van der Waals surface area (Å²) in [5.41, 5.74) is 1.93. The zero-order chi connectivity index (χ0) is 25.8. The maximum absolute atomic E-state index is 13.0. The number of carbonyl (C=O) groups excluding carboxylic acids is 4. The summed E-state index contributed by atoms with van der Waals surface area (Å²) in [7, 11) is 4.39. The number of hydrogen-bond acceptors (Lipinski definition) is 9. The zero-order valence-electron chi connectivity index (χ0n) is 20.0. The molecule has 0 radical (unpaired) electrons. The molecule has 188 valence electrons. The van der Waals surface area contributed by atoms with Crippen molar-refractivity contribution in [3.05, 3.63) is 41.5 Å². The van der Waals surface area contributed by atoms with Gasteiger partial charge in [0.05, 0.1) is 25.6 Å². The van der Waals surface area contributed by atoms with Gasteiger partial charge >= 0.3 is 0 Å². The van der Waals surface area contributed by atoms with Gasteiger partial charge in [-0.05, 0) is 18.6 Å². The lowest BCUT2D eigenvalue weighted by Gasteiger charge is -2.29. The Kier molecular flexibility index (Phi) is 7.13. The molecule has 12 nitrogen and oxygen atoms in total. The predicted molar refractivity (Wildman–Crippen MR) is 126 cm³/mol. The molecule has 1 saturated heterocycles. The molecule has 4 rings (SSSR count). The molecule has 2 N–H and O–H groups in total. The Balaban J connectivity index is 1.59. The number of hydrogen-bond donors (Lipinski definition) is 2. The number of azo groups is 1. The number of likely N-dealkylation sites (N-methyl/N-ethyl adjacent to an activating group) is 1. The van der Waals surface area contributed by atoms with E-state index in [1.54, 1.807) is 30.3 Å². The minimum atomic E-state index is -0.719. The second kappa shape index (κ2) is 10.4. The third-order valence-electron chi connectivity index (χ3n) is 5.90. The molecule has 2 heterocycles. The number of imide groups is 1. The molecule has 0 aliphatic carbocycles. The van der Waals surface area contributed by atoms with Gasteiger partial charge in [-0.3, -0.25) is 24.5 Å². The fraction of sp³-hybridized carbons (Fsp3) is 0.333. The maximum atomic E-state index is 13.0. The van der Waals surface area contributed by atoms with E-state index in [-0.39, 0.29) is 49.5 Å². The van der Waals surface area contributed by atoms with Crippen LogP contribution in [0.4, 0.5) is 11.4 Å². The van der Waals surface area contributed by atoms with Crippen LogP contribution in [0, 0.1) is 0 Å². The van der Waals surface area contributed by atoms with Crippen molar-refractivity contribution in [1.82, 2.24) is 15.5 Å². The van der Waals surface area contributed by atoms with Crippen LogP contribution < -0.4 is 24.8 Å². The van der Waals surface area contributed by atoms with Crippen LogP contribution in [0.2, 0.25) is 0 Å². The molecule has 2 aliphatic rings. The van der Waals surface area contributed by atoms with Crippen LogP contribution in [0.3, 0.4) is 0 Å². The molecule has 12 heteroatoms. The summed E-state index contributed by atoms with van der Waals surface area (Å²) in [5, 5.41) is 13.4. The summed E-state index contributed by atoms with van der Waals surface area (Å²) in [6.45, 7) is -0.0491. The number of rotatable bonds is 8. The highest BCUT2D eigenvalue weighted by Gasteiger charge is 2.39. The van der Waals surface area contributed by atoms with Crippen LogP contribution >= 0.6 is 0 Å². The second-order valence-electron chi connectivity index (χ2n) is 8.04. The Bertz CT molecular complexity index is 1230. The number of piperidine rings is 1. The highest BCUT2D eigenvalue weighted by atomic mass is 16.5. The topological polar surface area (TPSA) is 148 Å². The summed E-state index contributed by atoms with van der Waals surface area (Å²) in [6.07, 6.45) is 0.449. The molecule has 2 aromatic carbocycles. The normalized spacial score (nSPS) is 17.1. The number of ether oxygens (including phenoxy) is 3. The monoisotopic (exact) mass is 495 g/mol. The van der Waals surface area contributed by atoms with Crippen LogP contribution in [0.5, 0.6) is 17.2 Å². The van der Waals surface area contributed by atoms with Crippen molar-refractivity contribution in [2.75, 3.05) is 27.9 Å². The Morgan fingerprint density at radius 1 is 1.14 bits per heavy atom. The van der Waals surface area contributed by atoms with E-state index < -0.39 is 11.9 Å². The van der Waals surface area contributed by atoms with Crippen LogP contribution in [0.15, 0.2) is 40.6 Å².